The maximum absolute atomic E-state index is 12.4. The van der Waals surface area contributed by atoms with Crippen LogP contribution in [-0.4, -0.2) is 36.0 Å². The molecule has 0 saturated carbocycles. The number of aromatic nitrogens is 2. The van der Waals surface area contributed by atoms with Crippen LogP contribution in [0.4, 0.5) is 5.69 Å². The number of benzene rings is 1. The Kier molecular flexibility index (Phi) is 4.12. The highest BCUT2D eigenvalue weighted by Gasteiger charge is 2.28. The minimum Gasteiger partial charge on any atom is -0.346 e. The van der Waals surface area contributed by atoms with Crippen LogP contribution in [0, 0.1) is 0 Å². The summed E-state index contributed by atoms with van der Waals surface area (Å²) in [5, 5.41) is 2.83. The molecule has 0 bridgehead atoms. The predicted molar refractivity (Wildman–Crippen MR) is 98.6 cm³/mol. The zero-order chi connectivity index (χ0) is 18.1. The summed E-state index contributed by atoms with van der Waals surface area (Å²) in [5.41, 5.74) is 2.53. The zero-order valence-corrected chi connectivity index (χ0v) is 14.8. The van der Waals surface area contributed by atoms with Gasteiger partial charge < -0.3 is 9.72 Å². The molecular formula is C18H18N4O3S. The number of imidazole rings is 1. The molecule has 26 heavy (non-hydrogen) atoms. The van der Waals surface area contributed by atoms with E-state index in [0.717, 1.165) is 11.3 Å². The van der Waals surface area contributed by atoms with Crippen LogP contribution in [-0.2, 0) is 16.6 Å². The predicted octanol–water partition coefficient (Wildman–Crippen LogP) is 1.80. The first-order valence-electron chi connectivity index (χ1n) is 8.34. The zero-order valence-electron chi connectivity index (χ0n) is 14.0. The highest BCUT2D eigenvalue weighted by atomic mass is 32.2. The molecule has 0 radical (unpaired) electrons. The second kappa shape index (κ2) is 6.45. The average Bonchev–Trinajstić information content (AvgIpc) is 3.21. The summed E-state index contributed by atoms with van der Waals surface area (Å²) < 4.78 is 27.4. The number of fused-ring (bicyclic) bond motifs is 1. The number of sulfonamides is 1. The van der Waals surface area contributed by atoms with E-state index in [1.165, 1.54) is 4.31 Å². The fourth-order valence-electron chi connectivity index (χ4n) is 3.08. The van der Waals surface area contributed by atoms with Crippen molar-refractivity contribution in [1.82, 2.24) is 14.7 Å². The molecule has 4 rings (SSSR count). The molecule has 1 N–H and O–H groups in total. The van der Waals surface area contributed by atoms with Crippen molar-refractivity contribution in [1.29, 1.82) is 0 Å². The lowest BCUT2D eigenvalue weighted by molar-refractivity contribution is 0.0950. The van der Waals surface area contributed by atoms with Gasteiger partial charge in [0.25, 0.3) is 5.91 Å². The number of rotatable bonds is 4. The fourth-order valence-corrected chi connectivity index (χ4v) is 4.63. The summed E-state index contributed by atoms with van der Waals surface area (Å²) >= 11 is 0. The summed E-state index contributed by atoms with van der Waals surface area (Å²) in [6.45, 7) is 0.751. The number of amides is 1. The molecule has 3 aromatic rings. The number of hydrogen-bond acceptors (Lipinski definition) is 4. The molecule has 134 valence electrons. The molecule has 1 fully saturated rings. The van der Waals surface area contributed by atoms with Gasteiger partial charge in [0.15, 0.2) is 0 Å². The number of anilines is 1. The van der Waals surface area contributed by atoms with E-state index >= 15 is 0 Å². The van der Waals surface area contributed by atoms with E-state index < -0.39 is 10.0 Å². The molecule has 2 aromatic heterocycles. The number of pyridine rings is 1. The first-order chi connectivity index (χ1) is 12.5. The molecule has 0 unspecified atom stereocenters. The Balaban J connectivity index is 1.49. The van der Waals surface area contributed by atoms with Gasteiger partial charge in [-0.05, 0) is 36.8 Å². The van der Waals surface area contributed by atoms with Gasteiger partial charge in [-0.1, -0.05) is 12.1 Å². The van der Waals surface area contributed by atoms with Crippen LogP contribution in [0.1, 0.15) is 22.5 Å². The first kappa shape index (κ1) is 16.6. The van der Waals surface area contributed by atoms with E-state index in [0.29, 0.717) is 30.8 Å². The largest absolute Gasteiger partial charge is 0.346 e. The minimum atomic E-state index is -3.26. The number of nitrogens with one attached hydrogen (secondary N) is 1. The van der Waals surface area contributed by atoms with Crippen LogP contribution < -0.4 is 9.62 Å². The van der Waals surface area contributed by atoms with E-state index in [4.69, 9.17) is 0 Å². The summed E-state index contributed by atoms with van der Waals surface area (Å²) in [4.78, 5) is 16.9. The Morgan fingerprint density at radius 3 is 2.85 bits per heavy atom. The normalized spacial score (nSPS) is 16.1. The molecule has 3 heterocycles. The van der Waals surface area contributed by atoms with E-state index in [1.807, 2.05) is 35.0 Å². The van der Waals surface area contributed by atoms with Crippen molar-refractivity contribution < 1.29 is 13.2 Å². The third kappa shape index (κ3) is 3.15. The molecule has 0 atom stereocenters. The maximum atomic E-state index is 12.4. The van der Waals surface area contributed by atoms with Crippen molar-refractivity contribution in [3.05, 3.63) is 66.1 Å². The molecule has 0 aliphatic carbocycles. The van der Waals surface area contributed by atoms with Crippen molar-refractivity contribution in [3.8, 4) is 0 Å². The number of hydrogen-bond donors (Lipinski definition) is 1. The van der Waals surface area contributed by atoms with Gasteiger partial charge in [-0.2, -0.15) is 0 Å². The van der Waals surface area contributed by atoms with Crippen molar-refractivity contribution in [3.63, 3.8) is 0 Å². The van der Waals surface area contributed by atoms with Crippen LogP contribution >= 0.6 is 0 Å². The quantitative estimate of drug-likeness (QED) is 0.759. The van der Waals surface area contributed by atoms with Gasteiger partial charge in [-0.15, -0.1) is 0 Å². The van der Waals surface area contributed by atoms with Gasteiger partial charge in [-0.3, -0.25) is 9.10 Å². The maximum Gasteiger partial charge on any atom is 0.251 e. The van der Waals surface area contributed by atoms with Crippen molar-refractivity contribution in [2.24, 2.45) is 0 Å². The Hall–Kier alpha value is -2.87. The molecule has 7 nitrogen and oxygen atoms in total. The van der Waals surface area contributed by atoms with Crippen LogP contribution in [0.5, 0.6) is 0 Å². The SMILES string of the molecule is O=C(NCc1cn2ccccc2n1)c1cccc(N2CCCS2(=O)=O)c1. The van der Waals surface area contributed by atoms with E-state index in [2.05, 4.69) is 10.3 Å². The molecular weight excluding hydrogens is 352 g/mol. The van der Waals surface area contributed by atoms with Gasteiger partial charge in [0.2, 0.25) is 10.0 Å². The highest BCUT2D eigenvalue weighted by molar-refractivity contribution is 7.93. The van der Waals surface area contributed by atoms with Crippen molar-refractivity contribution in [2.75, 3.05) is 16.6 Å². The minimum absolute atomic E-state index is 0.150. The highest BCUT2D eigenvalue weighted by Crippen LogP contribution is 2.24. The van der Waals surface area contributed by atoms with Crippen LogP contribution in [0.3, 0.4) is 0 Å². The third-order valence-corrected chi connectivity index (χ3v) is 6.21. The molecule has 1 aliphatic rings. The second-order valence-electron chi connectivity index (χ2n) is 6.17. The van der Waals surface area contributed by atoms with Gasteiger partial charge >= 0.3 is 0 Å². The van der Waals surface area contributed by atoms with Gasteiger partial charge in [0.1, 0.15) is 5.65 Å². The summed E-state index contributed by atoms with van der Waals surface area (Å²) in [6.07, 6.45) is 4.36. The first-order valence-corrected chi connectivity index (χ1v) is 9.95. The molecule has 1 aliphatic heterocycles. The third-order valence-electron chi connectivity index (χ3n) is 4.34. The second-order valence-corrected chi connectivity index (χ2v) is 8.19. The number of nitrogens with zero attached hydrogens (tertiary/aromatic N) is 3. The lowest BCUT2D eigenvalue weighted by Crippen LogP contribution is -2.26. The van der Waals surface area contributed by atoms with Crippen molar-refractivity contribution >= 4 is 27.3 Å². The van der Waals surface area contributed by atoms with Crippen LogP contribution in [0.2, 0.25) is 0 Å². The smallest absolute Gasteiger partial charge is 0.251 e. The summed E-state index contributed by atoms with van der Waals surface area (Å²) in [7, 11) is -3.26. The Morgan fingerprint density at radius 2 is 2.08 bits per heavy atom. The lowest BCUT2D eigenvalue weighted by Gasteiger charge is -2.17. The topological polar surface area (TPSA) is 83.8 Å². The van der Waals surface area contributed by atoms with E-state index in [-0.39, 0.29) is 11.7 Å². The van der Waals surface area contributed by atoms with Gasteiger partial charge in [-0.25, -0.2) is 13.4 Å². The number of carbonyl (C=O) groups excluding carboxylic acids is 1. The molecule has 1 amide bonds. The number of carbonyl (C=O) groups is 1. The Morgan fingerprint density at radius 1 is 1.19 bits per heavy atom. The molecule has 1 saturated heterocycles. The van der Waals surface area contributed by atoms with Crippen LogP contribution in [0.15, 0.2) is 54.9 Å². The molecule has 8 heteroatoms. The van der Waals surface area contributed by atoms with E-state index in [9.17, 15) is 13.2 Å². The van der Waals surface area contributed by atoms with E-state index in [1.54, 1.807) is 24.3 Å². The van der Waals surface area contributed by atoms with Crippen LogP contribution in [0.25, 0.3) is 5.65 Å². The Labute approximate surface area is 151 Å². The summed E-state index contributed by atoms with van der Waals surface area (Å²) in [5.74, 6) is -0.113. The monoisotopic (exact) mass is 370 g/mol. The summed E-state index contributed by atoms with van der Waals surface area (Å²) in [6, 6.07) is 12.4. The van der Waals surface area contributed by atoms with Gasteiger partial charge in [0.05, 0.1) is 23.7 Å². The Bertz CT molecular complexity index is 1040. The van der Waals surface area contributed by atoms with Crippen molar-refractivity contribution in [2.45, 2.75) is 13.0 Å². The molecule has 1 aromatic carbocycles. The standard InChI is InChI=1S/C18H18N4O3S/c23-18(19-12-15-13-21-8-2-1-7-17(21)20-15)14-5-3-6-16(11-14)22-9-4-10-26(22,24)25/h1-3,5-8,11,13H,4,9-10,12H2,(H,19,23). The van der Waals surface area contributed by atoms with Gasteiger partial charge in [0, 0.05) is 24.5 Å². The average molecular weight is 370 g/mol. The molecule has 0 spiro atoms. The lowest BCUT2D eigenvalue weighted by atomic mass is 10.2. The fraction of sp³-hybridized carbons (Fsp3) is 0.222.